The highest BCUT2D eigenvalue weighted by molar-refractivity contribution is 7.97. The van der Waals surface area contributed by atoms with Crippen LogP contribution in [0.5, 0.6) is 5.75 Å². The van der Waals surface area contributed by atoms with Crippen LogP contribution in [0.15, 0.2) is 18.2 Å². The third kappa shape index (κ3) is 4.14. The Morgan fingerprint density at radius 1 is 1.40 bits per heavy atom. The standard InChI is InChI=1S/C12H19NOS/c1-10-4-5-11(9-15-2)8-12(10)14-7-3-6-13/h4-5,8H,3,6-7,9,13H2,1-2H3. The molecule has 1 aromatic rings. The van der Waals surface area contributed by atoms with Crippen molar-refractivity contribution in [3.63, 3.8) is 0 Å². The Balaban J connectivity index is 2.63. The lowest BCUT2D eigenvalue weighted by Crippen LogP contribution is -2.06. The Morgan fingerprint density at radius 2 is 2.20 bits per heavy atom. The Kier molecular flexibility index (Phi) is 5.58. The monoisotopic (exact) mass is 225 g/mol. The van der Waals surface area contributed by atoms with Crippen molar-refractivity contribution in [3.8, 4) is 5.75 Å². The maximum Gasteiger partial charge on any atom is 0.122 e. The minimum Gasteiger partial charge on any atom is -0.493 e. The molecule has 3 heteroatoms. The van der Waals surface area contributed by atoms with Gasteiger partial charge in [-0.05, 0) is 43.3 Å². The molecule has 1 aromatic carbocycles. The number of benzene rings is 1. The van der Waals surface area contributed by atoms with Crippen molar-refractivity contribution >= 4 is 11.8 Å². The molecule has 0 fully saturated rings. The van der Waals surface area contributed by atoms with Crippen LogP contribution in [0, 0.1) is 6.92 Å². The van der Waals surface area contributed by atoms with E-state index in [1.165, 1.54) is 11.1 Å². The van der Waals surface area contributed by atoms with Gasteiger partial charge in [-0.3, -0.25) is 0 Å². The van der Waals surface area contributed by atoms with E-state index in [4.69, 9.17) is 10.5 Å². The molecule has 15 heavy (non-hydrogen) atoms. The summed E-state index contributed by atoms with van der Waals surface area (Å²) in [7, 11) is 0. The van der Waals surface area contributed by atoms with E-state index >= 15 is 0 Å². The highest BCUT2D eigenvalue weighted by Crippen LogP contribution is 2.21. The lowest BCUT2D eigenvalue weighted by atomic mass is 10.1. The van der Waals surface area contributed by atoms with Crippen LogP contribution in [-0.2, 0) is 5.75 Å². The summed E-state index contributed by atoms with van der Waals surface area (Å²) in [6.07, 6.45) is 3.01. The molecule has 0 radical (unpaired) electrons. The Morgan fingerprint density at radius 3 is 2.87 bits per heavy atom. The van der Waals surface area contributed by atoms with E-state index in [-0.39, 0.29) is 0 Å². The highest BCUT2D eigenvalue weighted by atomic mass is 32.2. The molecule has 0 unspecified atom stereocenters. The number of aryl methyl sites for hydroxylation is 1. The van der Waals surface area contributed by atoms with Crippen LogP contribution in [0.3, 0.4) is 0 Å². The van der Waals surface area contributed by atoms with Gasteiger partial charge in [-0.15, -0.1) is 0 Å². The fourth-order valence-electron chi connectivity index (χ4n) is 1.32. The van der Waals surface area contributed by atoms with Crippen molar-refractivity contribution in [2.75, 3.05) is 19.4 Å². The molecule has 0 aliphatic carbocycles. The van der Waals surface area contributed by atoms with Crippen molar-refractivity contribution < 1.29 is 4.74 Å². The summed E-state index contributed by atoms with van der Waals surface area (Å²) in [6.45, 7) is 3.46. The minimum absolute atomic E-state index is 0.684. The van der Waals surface area contributed by atoms with Gasteiger partial charge in [-0.1, -0.05) is 12.1 Å². The number of hydrogen-bond donors (Lipinski definition) is 1. The van der Waals surface area contributed by atoms with Crippen molar-refractivity contribution in [2.45, 2.75) is 19.1 Å². The first-order valence-corrected chi connectivity index (χ1v) is 6.58. The van der Waals surface area contributed by atoms with Crippen LogP contribution in [0.25, 0.3) is 0 Å². The van der Waals surface area contributed by atoms with E-state index in [1.807, 2.05) is 11.8 Å². The second-order valence-corrected chi connectivity index (χ2v) is 4.39. The fourth-order valence-corrected chi connectivity index (χ4v) is 1.83. The summed E-state index contributed by atoms with van der Waals surface area (Å²) >= 11 is 1.82. The van der Waals surface area contributed by atoms with E-state index in [9.17, 15) is 0 Å². The van der Waals surface area contributed by atoms with Gasteiger partial charge in [0, 0.05) is 5.75 Å². The van der Waals surface area contributed by atoms with Gasteiger partial charge in [-0.25, -0.2) is 0 Å². The molecule has 0 saturated carbocycles. The zero-order valence-corrected chi connectivity index (χ0v) is 10.3. The smallest absolute Gasteiger partial charge is 0.122 e. The summed E-state index contributed by atoms with van der Waals surface area (Å²) < 4.78 is 5.67. The van der Waals surface area contributed by atoms with Crippen molar-refractivity contribution in [1.29, 1.82) is 0 Å². The Hall–Kier alpha value is -0.670. The molecule has 0 aliphatic heterocycles. The van der Waals surface area contributed by atoms with Gasteiger partial charge in [0.1, 0.15) is 5.75 Å². The molecule has 0 spiro atoms. The van der Waals surface area contributed by atoms with E-state index in [0.717, 1.165) is 17.9 Å². The largest absolute Gasteiger partial charge is 0.493 e. The molecule has 0 amide bonds. The normalized spacial score (nSPS) is 10.3. The Labute approximate surface area is 96.2 Å². The number of ether oxygens (including phenoxy) is 1. The van der Waals surface area contributed by atoms with Crippen molar-refractivity contribution in [2.24, 2.45) is 5.73 Å². The van der Waals surface area contributed by atoms with Crippen molar-refractivity contribution in [3.05, 3.63) is 29.3 Å². The first-order valence-electron chi connectivity index (χ1n) is 5.19. The average molecular weight is 225 g/mol. The number of nitrogens with two attached hydrogens (primary N) is 1. The van der Waals surface area contributed by atoms with Gasteiger partial charge in [0.05, 0.1) is 6.61 Å². The maximum absolute atomic E-state index is 5.67. The third-order valence-corrected chi connectivity index (χ3v) is 2.79. The number of hydrogen-bond acceptors (Lipinski definition) is 3. The predicted molar refractivity (Wildman–Crippen MR) is 67.6 cm³/mol. The molecule has 2 N–H and O–H groups in total. The summed E-state index contributed by atoms with van der Waals surface area (Å²) in [5, 5.41) is 0. The van der Waals surface area contributed by atoms with Gasteiger partial charge < -0.3 is 10.5 Å². The molecular weight excluding hydrogens is 206 g/mol. The molecule has 84 valence electrons. The summed E-state index contributed by atoms with van der Waals surface area (Å²) in [5.74, 6) is 2.03. The maximum atomic E-state index is 5.67. The Bertz CT molecular complexity index is 302. The van der Waals surface area contributed by atoms with Gasteiger partial charge in [0.15, 0.2) is 0 Å². The molecule has 0 atom stereocenters. The second-order valence-electron chi connectivity index (χ2n) is 3.52. The van der Waals surface area contributed by atoms with Crippen LogP contribution in [0.1, 0.15) is 17.5 Å². The lowest BCUT2D eigenvalue weighted by Gasteiger charge is -2.10. The molecular formula is C12H19NOS. The van der Waals surface area contributed by atoms with Crippen LogP contribution in [0.4, 0.5) is 0 Å². The number of rotatable bonds is 6. The van der Waals surface area contributed by atoms with E-state index in [0.29, 0.717) is 13.2 Å². The molecule has 0 aromatic heterocycles. The molecule has 2 nitrogen and oxygen atoms in total. The lowest BCUT2D eigenvalue weighted by molar-refractivity contribution is 0.311. The molecule has 0 aliphatic rings. The van der Waals surface area contributed by atoms with Crippen molar-refractivity contribution in [1.82, 2.24) is 0 Å². The van der Waals surface area contributed by atoms with Gasteiger partial charge >= 0.3 is 0 Å². The van der Waals surface area contributed by atoms with Gasteiger partial charge in [0.2, 0.25) is 0 Å². The van der Waals surface area contributed by atoms with E-state index < -0.39 is 0 Å². The second kappa shape index (κ2) is 6.75. The SMILES string of the molecule is CSCc1ccc(C)c(OCCCN)c1. The zero-order valence-electron chi connectivity index (χ0n) is 9.45. The molecule has 0 heterocycles. The van der Waals surface area contributed by atoms with Gasteiger partial charge in [-0.2, -0.15) is 11.8 Å². The topological polar surface area (TPSA) is 35.2 Å². The number of thioether (sulfide) groups is 1. The quantitative estimate of drug-likeness (QED) is 0.756. The average Bonchev–Trinajstić information content (AvgIpc) is 2.23. The van der Waals surface area contributed by atoms with Gasteiger partial charge in [0.25, 0.3) is 0 Å². The van der Waals surface area contributed by atoms with Crippen LogP contribution in [0.2, 0.25) is 0 Å². The van der Waals surface area contributed by atoms with Crippen LogP contribution < -0.4 is 10.5 Å². The summed E-state index contributed by atoms with van der Waals surface area (Å²) in [6, 6.07) is 6.40. The molecule has 0 saturated heterocycles. The fraction of sp³-hybridized carbons (Fsp3) is 0.500. The molecule has 0 bridgehead atoms. The first kappa shape index (κ1) is 12.4. The summed E-state index contributed by atoms with van der Waals surface area (Å²) in [4.78, 5) is 0. The predicted octanol–water partition coefficient (Wildman–Crippen LogP) is 2.59. The summed E-state index contributed by atoms with van der Waals surface area (Å²) in [5.41, 5.74) is 7.93. The van der Waals surface area contributed by atoms with E-state index in [1.54, 1.807) is 0 Å². The molecule has 1 rings (SSSR count). The first-order chi connectivity index (χ1) is 7.27. The van der Waals surface area contributed by atoms with Crippen LogP contribution in [-0.4, -0.2) is 19.4 Å². The third-order valence-electron chi connectivity index (χ3n) is 2.17. The van der Waals surface area contributed by atoms with E-state index in [2.05, 4.69) is 31.4 Å². The highest BCUT2D eigenvalue weighted by Gasteiger charge is 2.01. The minimum atomic E-state index is 0.684. The van der Waals surface area contributed by atoms with Crippen LogP contribution >= 0.6 is 11.8 Å². The zero-order chi connectivity index (χ0) is 11.1.